The van der Waals surface area contributed by atoms with Crippen molar-refractivity contribution < 1.29 is 9.90 Å². The number of rotatable bonds is 4. The van der Waals surface area contributed by atoms with Crippen LogP contribution in [0.15, 0.2) is 12.2 Å². The molecule has 0 aliphatic carbocycles. The lowest BCUT2D eigenvalue weighted by molar-refractivity contribution is -0.131. The quantitative estimate of drug-likeness (QED) is 0.527. The molecule has 1 atom stereocenters. The standard InChI is InChI=1S/C6H9N5O2/c7-4(2-1-3-5(12)13)6-8-10-11-9-6/h1,3-4H,2,7H2,(H,12,13)(H,8,9,10,11). The van der Waals surface area contributed by atoms with Crippen molar-refractivity contribution in [3.05, 3.63) is 18.0 Å². The maximum Gasteiger partial charge on any atom is 0.327 e. The summed E-state index contributed by atoms with van der Waals surface area (Å²) in [5.41, 5.74) is 5.60. The Labute approximate surface area is 73.6 Å². The molecule has 4 N–H and O–H groups in total. The summed E-state index contributed by atoms with van der Waals surface area (Å²) in [5, 5.41) is 21.2. The molecule has 13 heavy (non-hydrogen) atoms. The molecule has 0 aliphatic rings. The van der Waals surface area contributed by atoms with Gasteiger partial charge in [0.25, 0.3) is 0 Å². The Bertz CT molecular complexity index is 294. The Kier molecular flexibility index (Phi) is 3.09. The van der Waals surface area contributed by atoms with Crippen molar-refractivity contribution in [1.29, 1.82) is 0 Å². The van der Waals surface area contributed by atoms with Crippen molar-refractivity contribution >= 4 is 5.97 Å². The van der Waals surface area contributed by atoms with Gasteiger partial charge in [-0.2, -0.15) is 5.21 Å². The highest BCUT2D eigenvalue weighted by Gasteiger charge is 2.08. The number of nitrogens with two attached hydrogens (primary N) is 1. The van der Waals surface area contributed by atoms with Crippen molar-refractivity contribution in [3.63, 3.8) is 0 Å². The van der Waals surface area contributed by atoms with Crippen LogP contribution in [-0.4, -0.2) is 31.7 Å². The van der Waals surface area contributed by atoms with Crippen LogP contribution < -0.4 is 5.73 Å². The van der Waals surface area contributed by atoms with E-state index >= 15 is 0 Å². The predicted octanol–water partition coefficient (Wildman–Crippen LogP) is -0.770. The first-order chi connectivity index (χ1) is 6.20. The molecule has 0 saturated heterocycles. The Morgan fingerprint density at radius 3 is 3.08 bits per heavy atom. The second kappa shape index (κ2) is 4.31. The van der Waals surface area contributed by atoms with Gasteiger partial charge in [-0.25, -0.2) is 4.79 Å². The highest BCUT2D eigenvalue weighted by atomic mass is 16.4. The second-order valence-corrected chi connectivity index (χ2v) is 2.35. The van der Waals surface area contributed by atoms with E-state index in [1.54, 1.807) is 0 Å². The molecule has 0 bridgehead atoms. The zero-order valence-electron chi connectivity index (χ0n) is 6.71. The molecular formula is C6H9N5O2. The lowest BCUT2D eigenvalue weighted by Gasteiger charge is -2.00. The van der Waals surface area contributed by atoms with E-state index in [4.69, 9.17) is 10.8 Å². The van der Waals surface area contributed by atoms with E-state index in [1.807, 2.05) is 0 Å². The molecule has 1 unspecified atom stereocenters. The maximum atomic E-state index is 10.1. The minimum absolute atomic E-state index is 0.367. The summed E-state index contributed by atoms with van der Waals surface area (Å²) >= 11 is 0. The van der Waals surface area contributed by atoms with Gasteiger partial charge in [-0.05, 0) is 6.42 Å². The van der Waals surface area contributed by atoms with Crippen LogP contribution in [-0.2, 0) is 4.79 Å². The molecule has 0 spiro atoms. The van der Waals surface area contributed by atoms with Crippen LogP contribution in [0.5, 0.6) is 0 Å². The minimum Gasteiger partial charge on any atom is -0.478 e. The van der Waals surface area contributed by atoms with Gasteiger partial charge in [0, 0.05) is 6.08 Å². The minimum atomic E-state index is -1.000. The van der Waals surface area contributed by atoms with Crippen LogP contribution in [0.2, 0.25) is 0 Å². The van der Waals surface area contributed by atoms with Gasteiger partial charge in [-0.1, -0.05) is 11.3 Å². The van der Waals surface area contributed by atoms with E-state index in [9.17, 15) is 4.79 Å². The fraction of sp³-hybridized carbons (Fsp3) is 0.333. The number of carboxylic acids is 1. The van der Waals surface area contributed by atoms with Crippen molar-refractivity contribution in [2.75, 3.05) is 0 Å². The molecule has 1 heterocycles. The zero-order valence-corrected chi connectivity index (χ0v) is 6.71. The molecule has 1 aromatic heterocycles. The van der Waals surface area contributed by atoms with Gasteiger partial charge in [0.2, 0.25) is 0 Å². The van der Waals surface area contributed by atoms with Crippen molar-refractivity contribution in [2.24, 2.45) is 5.73 Å². The molecule has 1 rings (SSSR count). The van der Waals surface area contributed by atoms with Gasteiger partial charge >= 0.3 is 5.97 Å². The number of nitrogens with zero attached hydrogens (tertiary/aromatic N) is 3. The summed E-state index contributed by atoms with van der Waals surface area (Å²) in [7, 11) is 0. The summed E-state index contributed by atoms with van der Waals surface area (Å²) in [6.45, 7) is 0. The fourth-order valence-electron chi connectivity index (χ4n) is 0.747. The Morgan fingerprint density at radius 1 is 1.77 bits per heavy atom. The van der Waals surface area contributed by atoms with Gasteiger partial charge < -0.3 is 10.8 Å². The summed E-state index contributed by atoms with van der Waals surface area (Å²) < 4.78 is 0. The SMILES string of the molecule is NC(CC=CC(=O)O)c1nn[nH]n1. The van der Waals surface area contributed by atoms with Crippen LogP contribution in [0.4, 0.5) is 0 Å². The lowest BCUT2D eigenvalue weighted by atomic mass is 10.2. The topological polar surface area (TPSA) is 118 Å². The molecule has 0 saturated carbocycles. The van der Waals surface area contributed by atoms with E-state index < -0.39 is 12.0 Å². The number of carboxylic acid groups (broad SMARTS) is 1. The summed E-state index contributed by atoms with van der Waals surface area (Å²) in [4.78, 5) is 10.1. The summed E-state index contributed by atoms with van der Waals surface area (Å²) in [6.07, 6.45) is 2.84. The molecule has 7 heteroatoms. The first kappa shape index (κ1) is 9.33. The lowest BCUT2D eigenvalue weighted by Crippen LogP contribution is -2.11. The number of aromatic nitrogens is 4. The van der Waals surface area contributed by atoms with Gasteiger partial charge in [-0.3, -0.25) is 0 Å². The highest BCUT2D eigenvalue weighted by molar-refractivity contribution is 5.79. The van der Waals surface area contributed by atoms with Crippen LogP contribution in [0, 0.1) is 0 Å². The third kappa shape index (κ3) is 2.99. The Balaban J connectivity index is 2.43. The number of hydrogen-bond donors (Lipinski definition) is 3. The largest absolute Gasteiger partial charge is 0.478 e. The Hall–Kier alpha value is -1.76. The monoisotopic (exact) mass is 183 g/mol. The molecule has 0 amide bonds. The summed E-state index contributed by atoms with van der Waals surface area (Å²) in [6, 6.07) is -0.422. The van der Waals surface area contributed by atoms with Gasteiger partial charge in [0.15, 0.2) is 5.82 Å². The zero-order chi connectivity index (χ0) is 9.68. The van der Waals surface area contributed by atoms with Crippen LogP contribution in [0.25, 0.3) is 0 Å². The van der Waals surface area contributed by atoms with Gasteiger partial charge in [0.05, 0.1) is 6.04 Å². The normalized spacial score (nSPS) is 13.3. The first-order valence-electron chi connectivity index (χ1n) is 3.58. The highest BCUT2D eigenvalue weighted by Crippen LogP contribution is 2.06. The number of hydrogen-bond acceptors (Lipinski definition) is 5. The molecule has 0 aromatic carbocycles. The van der Waals surface area contributed by atoms with Crippen LogP contribution in [0.1, 0.15) is 18.3 Å². The van der Waals surface area contributed by atoms with E-state index in [-0.39, 0.29) is 0 Å². The van der Waals surface area contributed by atoms with Crippen LogP contribution in [0.3, 0.4) is 0 Å². The van der Waals surface area contributed by atoms with E-state index in [0.29, 0.717) is 12.2 Å². The smallest absolute Gasteiger partial charge is 0.327 e. The van der Waals surface area contributed by atoms with Gasteiger partial charge in [0.1, 0.15) is 0 Å². The van der Waals surface area contributed by atoms with E-state index in [1.165, 1.54) is 6.08 Å². The van der Waals surface area contributed by atoms with Crippen molar-refractivity contribution in [1.82, 2.24) is 20.6 Å². The van der Waals surface area contributed by atoms with Gasteiger partial charge in [-0.15, -0.1) is 10.2 Å². The maximum absolute atomic E-state index is 10.1. The third-order valence-corrected chi connectivity index (χ3v) is 1.34. The molecule has 1 aromatic rings. The average molecular weight is 183 g/mol. The van der Waals surface area contributed by atoms with Crippen molar-refractivity contribution in [2.45, 2.75) is 12.5 Å². The second-order valence-electron chi connectivity index (χ2n) is 2.35. The average Bonchev–Trinajstić information content (AvgIpc) is 2.55. The number of nitrogens with one attached hydrogen (secondary N) is 1. The number of tetrazole rings is 1. The molecule has 70 valence electrons. The predicted molar refractivity (Wildman–Crippen MR) is 42.5 cm³/mol. The fourth-order valence-corrected chi connectivity index (χ4v) is 0.747. The van der Waals surface area contributed by atoms with E-state index in [0.717, 1.165) is 6.08 Å². The number of carbonyl (C=O) groups is 1. The third-order valence-electron chi connectivity index (χ3n) is 1.34. The number of H-pyrrole nitrogens is 1. The molecule has 0 fully saturated rings. The molecule has 0 radical (unpaired) electrons. The molecule has 7 nitrogen and oxygen atoms in total. The van der Waals surface area contributed by atoms with Crippen LogP contribution >= 0.6 is 0 Å². The molecule has 0 aliphatic heterocycles. The summed E-state index contributed by atoms with van der Waals surface area (Å²) in [5.74, 6) is -0.629. The molecular weight excluding hydrogens is 174 g/mol. The Morgan fingerprint density at radius 2 is 2.54 bits per heavy atom. The number of aliphatic carboxylic acids is 1. The van der Waals surface area contributed by atoms with E-state index in [2.05, 4.69) is 20.6 Å². The van der Waals surface area contributed by atoms with Crippen molar-refractivity contribution in [3.8, 4) is 0 Å². The first-order valence-corrected chi connectivity index (χ1v) is 3.58. The number of aromatic amines is 1.